The number of nitrogens with two attached hydrogens (primary N) is 1. The summed E-state index contributed by atoms with van der Waals surface area (Å²) in [7, 11) is 0. The predicted octanol–water partition coefficient (Wildman–Crippen LogP) is 3.19. The molecule has 1 aliphatic heterocycles. The van der Waals surface area contributed by atoms with E-state index >= 15 is 0 Å². The number of hydrogen-bond donors (Lipinski definition) is 1. The van der Waals surface area contributed by atoms with Crippen LogP contribution in [0.25, 0.3) is 22.0 Å². The van der Waals surface area contributed by atoms with E-state index in [4.69, 9.17) is 10.5 Å². The molecule has 5 heteroatoms. The van der Waals surface area contributed by atoms with E-state index in [2.05, 4.69) is 0 Å². The monoisotopic (exact) mass is 321 g/mol. The Morgan fingerprint density at radius 3 is 2.54 bits per heavy atom. The van der Waals surface area contributed by atoms with Crippen LogP contribution in [-0.4, -0.2) is 41.8 Å². The van der Waals surface area contributed by atoms with Crippen molar-refractivity contribution in [3.8, 4) is 11.1 Å². The summed E-state index contributed by atoms with van der Waals surface area (Å²) in [6, 6.07) is 15.7. The van der Waals surface area contributed by atoms with Gasteiger partial charge in [0.05, 0.1) is 18.7 Å². The average molecular weight is 321 g/mol. The standard InChI is InChI=1S/C19H19N3O2/c20-15-6-7-18-16(12-15)17(14-4-2-1-3-5-14)13-22(18)19(23)21-8-10-24-11-9-21/h1-7,12-13H,8-11,20H2. The fourth-order valence-corrected chi connectivity index (χ4v) is 3.16. The number of hydrogen-bond acceptors (Lipinski definition) is 3. The smallest absolute Gasteiger partial charge is 0.328 e. The van der Waals surface area contributed by atoms with Crippen molar-refractivity contribution in [3.05, 3.63) is 54.7 Å². The molecule has 5 nitrogen and oxygen atoms in total. The molecular weight excluding hydrogens is 302 g/mol. The number of anilines is 1. The highest BCUT2D eigenvalue weighted by Crippen LogP contribution is 2.32. The van der Waals surface area contributed by atoms with E-state index in [-0.39, 0.29) is 6.03 Å². The lowest BCUT2D eigenvalue weighted by atomic mass is 10.0. The van der Waals surface area contributed by atoms with Gasteiger partial charge in [-0.15, -0.1) is 0 Å². The molecule has 0 atom stereocenters. The van der Waals surface area contributed by atoms with Gasteiger partial charge in [-0.1, -0.05) is 30.3 Å². The maximum atomic E-state index is 12.9. The molecule has 1 aromatic heterocycles. The molecule has 0 aliphatic carbocycles. The van der Waals surface area contributed by atoms with Gasteiger partial charge in [-0.2, -0.15) is 0 Å². The molecule has 0 saturated carbocycles. The minimum atomic E-state index is -0.0183. The van der Waals surface area contributed by atoms with Crippen molar-refractivity contribution in [1.82, 2.24) is 9.47 Å². The van der Waals surface area contributed by atoms with Crippen molar-refractivity contribution in [1.29, 1.82) is 0 Å². The summed E-state index contributed by atoms with van der Waals surface area (Å²) in [6.45, 7) is 2.41. The quantitative estimate of drug-likeness (QED) is 0.700. The number of aromatic nitrogens is 1. The van der Waals surface area contributed by atoms with Gasteiger partial charge in [0, 0.05) is 35.9 Å². The summed E-state index contributed by atoms with van der Waals surface area (Å²) in [5, 5.41) is 0.989. The molecule has 1 amide bonds. The number of ether oxygens (including phenoxy) is 1. The largest absolute Gasteiger partial charge is 0.399 e. The summed E-state index contributed by atoms with van der Waals surface area (Å²) >= 11 is 0. The number of carbonyl (C=O) groups is 1. The van der Waals surface area contributed by atoms with Crippen molar-refractivity contribution in [2.75, 3.05) is 32.0 Å². The molecule has 0 spiro atoms. The van der Waals surface area contributed by atoms with Crippen LogP contribution < -0.4 is 5.73 Å². The molecule has 1 aliphatic rings. The average Bonchev–Trinajstić information content (AvgIpc) is 3.01. The second kappa shape index (κ2) is 6.02. The molecular formula is C19H19N3O2. The summed E-state index contributed by atoms with van der Waals surface area (Å²) in [4.78, 5) is 14.8. The minimum absolute atomic E-state index is 0.0183. The highest BCUT2D eigenvalue weighted by atomic mass is 16.5. The van der Waals surface area contributed by atoms with Gasteiger partial charge in [-0.3, -0.25) is 4.57 Å². The van der Waals surface area contributed by atoms with Gasteiger partial charge in [0.15, 0.2) is 0 Å². The normalized spacial score (nSPS) is 14.9. The van der Waals surface area contributed by atoms with Crippen LogP contribution in [0.4, 0.5) is 10.5 Å². The first kappa shape index (κ1) is 14.8. The van der Waals surface area contributed by atoms with E-state index in [1.807, 2.05) is 59.6 Å². The van der Waals surface area contributed by atoms with Crippen molar-refractivity contribution >= 4 is 22.6 Å². The van der Waals surface area contributed by atoms with E-state index in [0.29, 0.717) is 32.0 Å². The number of nitrogens with zero attached hydrogens (tertiary/aromatic N) is 2. The predicted molar refractivity (Wildman–Crippen MR) is 95.0 cm³/mol. The number of fused-ring (bicyclic) bond motifs is 1. The second-order valence-corrected chi connectivity index (χ2v) is 5.94. The first-order chi connectivity index (χ1) is 11.7. The third kappa shape index (κ3) is 2.53. The third-order valence-corrected chi connectivity index (χ3v) is 4.40. The summed E-state index contributed by atoms with van der Waals surface area (Å²) in [5.74, 6) is 0. The van der Waals surface area contributed by atoms with Crippen LogP contribution in [0.15, 0.2) is 54.7 Å². The second-order valence-electron chi connectivity index (χ2n) is 5.94. The van der Waals surface area contributed by atoms with Gasteiger partial charge in [-0.05, 0) is 23.8 Å². The van der Waals surface area contributed by atoms with Crippen molar-refractivity contribution in [2.24, 2.45) is 0 Å². The van der Waals surface area contributed by atoms with Crippen LogP contribution >= 0.6 is 0 Å². The van der Waals surface area contributed by atoms with E-state index in [1.165, 1.54) is 0 Å². The van der Waals surface area contributed by atoms with Crippen LogP contribution in [0, 0.1) is 0 Å². The van der Waals surface area contributed by atoms with Gasteiger partial charge in [-0.25, -0.2) is 4.79 Å². The zero-order valence-corrected chi connectivity index (χ0v) is 13.3. The third-order valence-electron chi connectivity index (χ3n) is 4.40. The Balaban J connectivity index is 1.85. The van der Waals surface area contributed by atoms with E-state index < -0.39 is 0 Å². The Hall–Kier alpha value is -2.79. The molecule has 4 rings (SSSR count). The molecule has 3 aromatic rings. The summed E-state index contributed by atoms with van der Waals surface area (Å²) in [5.41, 5.74) is 9.63. The Bertz CT molecular complexity index is 880. The zero-order chi connectivity index (χ0) is 16.5. The first-order valence-corrected chi connectivity index (χ1v) is 8.07. The number of morpholine rings is 1. The summed E-state index contributed by atoms with van der Waals surface area (Å²) in [6.07, 6.45) is 1.91. The van der Waals surface area contributed by atoms with Crippen molar-refractivity contribution in [2.45, 2.75) is 0 Å². The van der Waals surface area contributed by atoms with E-state index in [9.17, 15) is 4.79 Å². The van der Waals surface area contributed by atoms with Crippen LogP contribution in [0.3, 0.4) is 0 Å². The zero-order valence-electron chi connectivity index (χ0n) is 13.3. The molecule has 122 valence electrons. The molecule has 0 bridgehead atoms. The highest BCUT2D eigenvalue weighted by Gasteiger charge is 2.21. The molecule has 1 fully saturated rings. The highest BCUT2D eigenvalue weighted by molar-refractivity contribution is 6.02. The molecule has 0 unspecified atom stereocenters. The molecule has 2 N–H and O–H groups in total. The van der Waals surface area contributed by atoms with E-state index in [1.54, 1.807) is 4.57 Å². The lowest BCUT2D eigenvalue weighted by Gasteiger charge is -2.27. The van der Waals surface area contributed by atoms with Gasteiger partial charge in [0.2, 0.25) is 0 Å². The Kier molecular flexibility index (Phi) is 3.70. The van der Waals surface area contributed by atoms with E-state index in [0.717, 1.165) is 22.0 Å². The maximum absolute atomic E-state index is 12.9. The van der Waals surface area contributed by atoms with Crippen LogP contribution in [-0.2, 0) is 4.74 Å². The number of carbonyl (C=O) groups excluding carboxylic acids is 1. The first-order valence-electron chi connectivity index (χ1n) is 8.07. The Morgan fingerprint density at radius 2 is 1.79 bits per heavy atom. The van der Waals surface area contributed by atoms with Gasteiger partial charge >= 0.3 is 6.03 Å². The Labute approximate surface area is 140 Å². The molecule has 2 heterocycles. The van der Waals surface area contributed by atoms with Gasteiger partial charge < -0.3 is 15.4 Å². The number of nitrogen functional groups attached to an aromatic ring is 1. The van der Waals surface area contributed by atoms with Gasteiger partial charge in [0.1, 0.15) is 0 Å². The topological polar surface area (TPSA) is 60.5 Å². The van der Waals surface area contributed by atoms with Crippen LogP contribution in [0.1, 0.15) is 0 Å². The summed E-state index contributed by atoms with van der Waals surface area (Å²) < 4.78 is 7.07. The van der Waals surface area contributed by atoms with Crippen LogP contribution in [0.2, 0.25) is 0 Å². The molecule has 24 heavy (non-hydrogen) atoms. The number of benzene rings is 2. The lowest BCUT2D eigenvalue weighted by Crippen LogP contribution is -2.42. The number of rotatable bonds is 1. The molecule has 2 aromatic carbocycles. The van der Waals surface area contributed by atoms with Crippen LogP contribution in [0.5, 0.6) is 0 Å². The van der Waals surface area contributed by atoms with Crippen molar-refractivity contribution < 1.29 is 9.53 Å². The number of amides is 1. The van der Waals surface area contributed by atoms with Crippen molar-refractivity contribution in [3.63, 3.8) is 0 Å². The molecule has 1 saturated heterocycles. The molecule has 0 radical (unpaired) electrons. The fourth-order valence-electron chi connectivity index (χ4n) is 3.16. The SMILES string of the molecule is Nc1ccc2c(c1)c(-c1ccccc1)cn2C(=O)N1CCOCC1. The Morgan fingerprint density at radius 1 is 1.04 bits per heavy atom. The van der Waals surface area contributed by atoms with Gasteiger partial charge in [0.25, 0.3) is 0 Å². The fraction of sp³-hybridized carbons (Fsp3) is 0.211. The maximum Gasteiger partial charge on any atom is 0.328 e. The lowest BCUT2D eigenvalue weighted by molar-refractivity contribution is 0.0538. The minimum Gasteiger partial charge on any atom is -0.399 e.